The number of pyridine rings is 1. The van der Waals surface area contributed by atoms with Crippen molar-refractivity contribution in [2.75, 3.05) is 0 Å². The number of aryl methyl sites for hydroxylation is 2. The van der Waals surface area contributed by atoms with Gasteiger partial charge in [0, 0.05) is 17.3 Å². The molecule has 0 aliphatic heterocycles. The number of halogens is 1. The smallest absolute Gasteiger partial charge is 0.221 e. The fraction of sp³-hybridized carbons (Fsp3) is 0.167. The summed E-state index contributed by atoms with van der Waals surface area (Å²) in [6, 6.07) is 16.7. The number of ether oxygens (including phenoxy) is 1. The van der Waals surface area contributed by atoms with Gasteiger partial charge in [0.05, 0.1) is 0 Å². The summed E-state index contributed by atoms with van der Waals surface area (Å²) in [6.07, 6.45) is 4.42. The molecule has 0 atom stereocenters. The highest BCUT2D eigenvalue weighted by atomic mass is 19.1. The van der Waals surface area contributed by atoms with Crippen LogP contribution in [0.3, 0.4) is 0 Å². The molecule has 0 fully saturated rings. The van der Waals surface area contributed by atoms with Crippen molar-refractivity contribution < 1.29 is 13.5 Å². The summed E-state index contributed by atoms with van der Waals surface area (Å²) in [5, 5.41) is 0. The Morgan fingerprint density at radius 3 is 2.62 bits per heavy atom. The minimum Gasteiger partial charge on any atom is -0.472 e. The van der Waals surface area contributed by atoms with E-state index in [0.29, 0.717) is 24.0 Å². The van der Waals surface area contributed by atoms with Gasteiger partial charge in [-0.25, -0.2) is 14.4 Å². The van der Waals surface area contributed by atoms with Crippen LogP contribution in [0.15, 0.2) is 59.0 Å². The molecule has 0 unspecified atom stereocenters. The zero-order chi connectivity index (χ0) is 20.2. The number of nitrogens with zero attached hydrogens (tertiary/aromatic N) is 2. The number of aromatic nitrogens is 2. The second kappa shape index (κ2) is 8.27. The van der Waals surface area contributed by atoms with Gasteiger partial charge in [-0.15, -0.1) is 0 Å². The largest absolute Gasteiger partial charge is 0.472 e. The van der Waals surface area contributed by atoms with Gasteiger partial charge in [-0.05, 0) is 48.7 Å². The normalized spacial score (nSPS) is 11.4. The third kappa shape index (κ3) is 4.19. The van der Waals surface area contributed by atoms with E-state index in [9.17, 15) is 4.39 Å². The molecular weight excluding hydrogens is 367 g/mol. The molecule has 2 aromatic heterocycles. The third-order valence-corrected chi connectivity index (χ3v) is 4.70. The van der Waals surface area contributed by atoms with Gasteiger partial charge < -0.3 is 9.15 Å². The van der Waals surface area contributed by atoms with E-state index in [2.05, 4.69) is 23.0 Å². The molecule has 0 bridgehead atoms. The highest BCUT2D eigenvalue weighted by Gasteiger charge is 2.11. The van der Waals surface area contributed by atoms with Crippen LogP contribution in [0.2, 0.25) is 0 Å². The van der Waals surface area contributed by atoms with Crippen molar-refractivity contribution in [2.24, 2.45) is 0 Å². The van der Waals surface area contributed by atoms with Crippen LogP contribution in [-0.4, -0.2) is 9.97 Å². The number of hydrogen-bond acceptors (Lipinski definition) is 4. The average molecular weight is 388 g/mol. The Kier molecular flexibility index (Phi) is 5.38. The second-order valence-electron chi connectivity index (χ2n) is 6.73. The second-order valence-corrected chi connectivity index (χ2v) is 6.73. The Morgan fingerprint density at radius 2 is 1.86 bits per heavy atom. The molecule has 29 heavy (non-hydrogen) atoms. The molecular formula is C24H21FN2O2. The van der Waals surface area contributed by atoms with E-state index in [4.69, 9.17) is 9.15 Å². The molecule has 0 spiro atoms. The molecule has 4 rings (SSSR count). The quantitative estimate of drug-likeness (QED) is 0.407. The molecule has 4 aromatic rings. The van der Waals surface area contributed by atoms with Crippen molar-refractivity contribution in [2.45, 2.75) is 26.9 Å². The Labute approximate surface area is 168 Å². The molecule has 2 aromatic carbocycles. The highest BCUT2D eigenvalue weighted by molar-refractivity contribution is 5.77. The van der Waals surface area contributed by atoms with Crippen LogP contribution < -0.4 is 4.74 Å². The van der Waals surface area contributed by atoms with E-state index in [1.165, 1.54) is 6.07 Å². The van der Waals surface area contributed by atoms with E-state index < -0.39 is 5.82 Å². The Balaban J connectivity index is 1.64. The fourth-order valence-corrected chi connectivity index (χ4v) is 3.13. The number of para-hydroxylation sites is 1. The van der Waals surface area contributed by atoms with Crippen LogP contribution in [0.25, 0.3) is 23.3 Å². The summed E-state index contributed by atoms with van der Waals surface area (Å²) in [5.41, 5.74) is 4.62. The zero-order valence-electron chi connectivity index (χ0n) is 16.4. The molecule has 2 heterocycles. The van der Waals surface area contributed by atoms with Gasteiger partial charge in [0.2, 0.25) is 11.8 Å². The predicted octanol–water partition coefficient (Wildman–Crippen LogP) is 5.98. The van der Waals surface area contributed by atoms with Crippen molar-refractivity contribution in [1.82, 2.24) is 9.97 Å². The number of oxazole rings is 1. The molecule has 4 nitrogen and oxygen atoms in total. The summed E-state index contributed by atoms with van der Waals surface area (Å²) < 4.78 is 25.5. The Hall–Kier alpha value is -3.47. The average Bonchev–Trinajstić information content (AvgIpc) is 3.17. The molecule has 0 radical (unpaired) electrons. The van der Waals surface area contributed by atoms with E-state index in [1.54, 1.807) is 18.2 Å². The first-order valence-electron chi connectivity index (χ1n) is 9.54. The van der Waals surface area contributed by atoms with Crippen LogP contribution in [0, 0.1) is 12.7 Å². The van der Waals surface area contributed by atoms with Gasteiger partial charge in [-0.3, -0.25) is 0 Å². The standard InChI is InChI=1S/C24H21FN2O2/c1-3-18-14-19(12-13-22-27-23-20(25)10-7-11-21(23)29-22)24(26-16(18)2)28-15-17-8-5-4-6-9-17/h4-14H,3,15H2,1-2H3/b13-12+. The van der Waals surface area contributed by atoms with Crippen molar-refractivity contribution in [3.63, 3.8) is 0 Å². The van der Waals surface area contributed by atoms with Crippen molar-refractivity contribution >= 4 is 23.3 Å². The van der Waals surface area contributed by atoms with E-state index in [1.807, 2.05) is 43.3 Å². The minimum atomic E-state index is -0.400. The van der Waals surface area contributed by atoms with Crippen LogP contribution >= 0.6 is 0 Å². The molecule has 0 amide bonds. The van der Waals surface area contributed by atoms with E-state index in [-0.39, 0.29) is 5.52 Å². The SMILES string of the molecule is CCc1cc(/C=C/c2nc3c(F)cccc3o2)c(OCc2ccccc2)nc1C. The fourth-order valence-electron chi connectivity index (χ4n) is 3.13. The zero-order valence-corrected chi connectivity index (χ0v) is 16.4. The number of benzene rings is 2. The van der Waals surface area contributed by atoms with Gasteiger partial charge in [-0.1, -0.05) is 43.3 Å². The predicted molar refractivity (Wildman–Crippen MR) is 112 cm³/mol. The van der Waals surface area contributed by atoms with Gasteiger partial charge in [0.1, 0.15) is 12.1 Å². The van der Waals surface area contributed by atoms with Crippen molar-refractivity contribution in [1.29, 1.82) is 0 Å². The number of fused-ring (bicyclic) bond motifs is 1. The number of hydrogen-bond donors (Lipinski definition) is 0. The van der Waals surface area contributed by atoms with Gasteiger partial charge in [-0.2, -0.15) is 0 Å². The van der Waals surface area contributed by atoms with Gasteiger partial charge in [0.25, 0.3) is 0 Å². The Morgan fingerprint density at radius 1 is 1.03 bits per heavy atom. The minimum absolute atomic E-state index is 0.226. The van der Waals surface area contributed by atoms with Crippen molar-refractivity contribution in [3.05, 3.63) is 88.7 Å². The van der Waals surface area contributed by atoms with Gasteiger partial charge >= 0.3 is 0 Å². The maximum absolute atomic E-state index is 13.9. The highest BCUT2D eigenvalue weighted by Crippen LogP contribution is 2.25. The van der Waals surface area contributed by atoms with Gasteiger partial charge in [0.15, 0.2) is 11.4 Å². The molecule has 5 heteroatoms. The molecule has 146 valence electrons. The first-order valence-corrected chi connectivity index (χ1v) is 9.54. The van der Waals surface area contributed by atoms with Crippen LogP contribution in [-0.2, 0) is 13.0 Å². The monoisotopic (exact) mass is 388 g/mol. The summed E-state index contributed by atoms with van der Waals surface area (Å²) in [6.45, 7) is 4.49. The maximum Gasteiger partial charge on any atom is 0.221 e. The van der Waals surface area contributed by atoms with E-state index >= 15 is 0 Å². The van der Waals surface area contributed by atoms with E-state index in [0.717, 1.165) is 28.8 Å². The topological polar surface area (TPSA) is 48.2 Å². The molecule has 0 aliphatic carbocycles. The summed E-state index contributed by atoms with van der Waals surface area (Å²) >= 11 is 0. The lowest BCUT2D eigenvalue weighted by atomic mass is 10.1. The Bertz CT molecular complexity index is 1170. The van der Waals surface area contributed by atoms with Crippen LogP contribution in [0.5, 0.6) is 5.88 Å². The molecule has 0 saturated carbocycles. The lowest BCUT2D eigenvalue weighted by molar-refractivity contribution is 0.292. The number of rotatable bonds is 6. The van der Waals surface area contributed by atoms with Crippen molar-refractivity contribution in [3.8, 4) is 5.88 Å². The molecule has 0 aliphatic rings. The first-order chi connectivity index (χ1) is 14.1. The first kappa shape index (κ1) is 18.9. The summed E-state index contributed by atoms with van der Waals surface area (Å²) in [5.74, 6) is 0.475. The summed E-state index contributed by atoms with van der Waals surface area (Å²) in [7, 11) is 0. The molecule has 0 saturated heterocycles. The lowest BCUT2D eigenvalue weighted by Gasteiger charge is -2.12. The maximum atomic E-state index is 13.9. The third-order valence-electron chi connectivity index (χ3n) is 4.70. The molecule has 0 N–H and O–H groups in total. The van der Waals surface area contributed by atoms with Crippen LogP contribution in [0.1, 0.15) is 35.2 Å². The van der Waals surface area contributed by atoms with Crippen LogP contribution in [0.4, 0.5) is 4.39 Å². The summed E-state index contributed by atoms with van der Waals surface area (Å²) in [4.78, 5) is 8.86. The lowest BCUT2D eigenvalue weighted by Crippen LogP contribution is -2.02.